The van der Waals surface area contributed by atoms with Crippen molar-refractivity contribution < 1.29 is 4.74 Å². The molecular formula is C10H10N2O2. The van der Waals surface area contributed by atoms with Crippen LogP contribution in [0.25, 0.3) is 10.8 Å². The van der Waals surface area contributed by atoms with E-state index in [1.165, 1.54) is 0 Å². The zero-order chi connectivity index (χ0) is 10.1. The van der Waals surface area contributed by atoms with E-state index < -0.39 is 0 Å². The number of fused-ring (bicyclic) bond motifs is 1. The molecule has 4 heteroatoms. The number of methoxy groups -OCH3 is 1. The summed E-state index contributed by atoms with van der Waals surface area (Å²) < 4.78 is 5.06. The normalized spacial score (nSPS) is 10.4. The van der Waals surface area contributed by atoms with Gasteiger partial charge in [0.05, 0.1) is 12.8 Å². The Bertz CT molecular complexity index is 531. The smallest absolute Gasteiger partial charge is 0.255 e. The fraction of sp³-hybridized carbons (Fsp3) is 0.100. The standard InChI is InChI=1S/C10H10N2O2/c1-14-8-3-2-7-6(9(8)11)4-5-12-10(7)13/h2-5H,11H2,1H3,(H,12,13). The lowest BCUT2D eigenvalue weighted by Crippen LogP contribution is -2.06. The Balaban J connectivity index is 2.91. The Labute approximate surface area is 80.3 Å². The van der Waals surface area contributed by atoms with Crippen LogP contribution in [0.5, 0.6) is 5.75 Å². The van der Waals surface area contributed by atoms with Gasteiger partial charge in [-0.05, 0) is 18.2 Å². The van der Waals surface area contributed by atoms with Crippen LogP contribution in [0.4, 0.5) is 5.69 Å². The van der Waals surface area contributed by atoms with Crippen LogP contribution in [0.15, 0.2) is 29.2 Å². The maximum absolute atomic E-state index is 11.4. The average molecular weight is 190 g/mol. The first kappa shape index (κ1) is 8.62. The molecule has 0 amide bonds. The molecule has 4 nitrogen and oxygen atoms in total. The minimum Gasteiger partial charge on any atom is -0.495 e. The number of hydrogen-bond acceptors (Lipinski definition) is 3. The van der Waals surface area contributed by atoms with Crippen molar-refractivity contribution in [3.63, 3.8) is 0 Å². The van der Waals surface area contributed by atoms with Crippen LogP contribution in [0.3, 0.4) is 0 Å². The first-order valence-electron chi connectivity index (χ1n) is 4.18. The molecule has 0 aliphatic heterocycles. The van der Waals surface area contributed by atoms with E-state index in [-0.39, 0.29) is 5.56 Å². The second-order valence-corrected chi connectivity index (χ2v) is 2.95. The average Bonchev–Trinajstić information content (AvgIpc) is 2.20. The molecule has 1 heterocycles. The van der Waals surface area contributed by atoms with Gasteiger partial charge in [-0.15, -0.1) is 0 Å². The van der Waals surface area contributed by atoms with E-state index in [0.717, 1.165) is 0 Å². The predicted octanol–water partition coefficient (Wildman–Crippen LogP) is 1.12. The number of benzene rings is 1. The van der Waals surface area contributed by atoms with Gasteiger partial charge >= 0.3 is 0 Å². The van der Waals surface area contributed by atoms with Crippen molar-refractivity contribution >= 4 is 16.5 Å². The van der Waals surface area contributed by atoms with Crippen molar-refractivity contribution in [2.75, 3.05) is 12.8 Å². The van der Waals surface area contributed by atoms with Crippen molar-refractivity contribution in [1.29, 1.82) is 0 Å². The summed E-state index contributed by atoms with van der Waals surface area (Å²) in [5, 5.41) is 1.29. The summed E-state index contributed by atoms with van der Waals surface area (Å²) in [4.78, 5) is 14.0. The fourth-order valence-electron chi connectivity index (χ4n) is 1.45. The molecule has 0 aliphatic rings. The third-order valence-corrected chi connectivity index (χ3v) is 2.18. The summed E-state index contributed by atoms with van der Waals surface area (Å²) in [6, 6.07) is 5.14. The Morgan fingerprint density at radius 1 is 1.29 bits per heavy atom. The van der Waals surface area contributed by atoms with Gasteiger partial charge in [0.1, 0.15) is 5.75 Å². The molecule has 0 spiro atoms. The van der Waals surface area contributed by atoms with E-state index >= 15 is 0 Å². The second kappa shape index (κ2) is 3.06. The van der Waals surface area contributed by atoms with Crippen molar-refractivity contribution in [3.05, 3.63) is 34.7 Å². The summed E-state index contributed by atoms with van der Waals surface area (Å²) in [7, 11) is 1.55. The Morgan fingerprint density at radius 3 is 2.79 bits per heavy atom. The highest BCUT2D eigenvalue weighted by Gasteiger charge is 2.05. The van der Waals surface area contributed by atoms with Gasteiger partial charge in [0.15, 0.2) is 0 Å². The largest absolute Gasteiger partial charge is 0.495 e. The first-order chi connectivity index (χ1) is 6.74. The van der Waals surface area contributed by atoms with Crippen molar-refractivity contribution in [2.45, 2.75) is 0 Å². The molecule has 0 fully saturated rings. The van der Waals surface area contributed by atoms with Crippen LogP contribution in [-0.4, -0.2) is 12.1 Å². The topological polar surface area (TPSA) is 68.1 Å². The van der Waals surface area contributed by atoms with Gasteiger partial charge in [-0.3, -0.25) is 4.79 Å². The molecule has 0 saturated carbocycles. The first-order valence-corrected chi connectivity index (χ1v) is 4.18. The van der Waals surface area contributed by atoms with Crippen LogP contribution in [0.1, 0.15) is 0 Å². The summed E-state index contributed by atoms with van der Waals surface area (Å²) in [6.07, 6.45) is 1.57. The van der Waals surface area contributed by atoms with Gasteiger partial charge < -0.3 is 15.5 Å². The van der Waals surface area contributed by atoms with E-state index in [1.54, 1.807) is 31.5 Å². The number of aromatic amines is 1. The van der Waals surface area contributed by atoms with Crippen LogP contribution in [-0.2, 0) is 0 Å². The molecule has 2 rings (SSSR count). The number of aromatic nitrogens is 1. The molecule has 2 aromatic rings. The Kier molecular flexibility index (Phi) is 1.89. The molecule has 0 bridgehead atoms. The van der Waals surface area contributed by atoms with Gasteiger partial charge in [-0.25, -0.2) is 0 Å². The fourth-order valence-corrected chi connectivity index (χ4v) is 1.45. The lowest BCUT2D eigenvalue weighted by atomic mass is 10.1. The van der Waals surface area contributed by atoms with Crippen LogP contribution >= 0.6 is 0 Å². The zero-order valence-corrected chi connectivity index (χ0v) is 7.70. The number of nitrogens with one attached hydrogen (secondary N) is 1. The molecule has 0 atom stereocenters. The molecule has 72 valence electrons. The zero-order valence-electron chi connectivity index (χ0n) is 7.70. The molecule has 0 aliphatic carbocycles. The summed E-state index contributed by atoms with van der Waals surface area (Å²) in [6.45, 7) is 0. The Hall–Kier alpha value is -1.97. The number of hydrogen-bond donors (Lipinski definition) is 2. The maximum atomic E-state index is 11.4. The van der Waals surface area contributed by atoms with E-state index in [2.05, 4.69) is 4.98 Å². The molecule has 3 N–H and O–H groups in total. The highest BCUT2D eigenvalue weighted by Crippen LogP contribution is 2.27. The SMILES string of the molecule is COc1ccc2c(=O)[nH]ccc2c1N. The van der Waals surface area contributed by atoms with Crippen molar-refractivity contribution in [2.24, 2.45) is 0 Å². The number of pyridine rings is 1. The minimum atomic E-state index is -0.142. The number of anilines is 1. The summed E-state index contributed by atoms with van der Waals surface area (Å²) >= 11 is 0. The number of ether oxygens (including phenoxy) is 1. The summed E-state index contributed by atoms with van der Waals surface area (Å²) in [5.74, 6) is 0.586. The van der Waals surface area contributed by atoms with E-state index in [0.29, 0.717) is 22.2 Å². The number of nitrogens with two attached hydrogens (primary N) is 1. The quantitative estimate of drug-likeness (QED) is 0.662. The molecule has 0 saturated heterocycles. The predicted molar refractivity (Wildman–Crippen MR) is 55.5 cm³/mol. The number of H-pyrrole nitrogens is 1. The van der Waals surface area contributed by atoms with Crippen molar-refractivity contribution in [1.82, 2.24) is 4.98 Å². The van der Waals surface area contributed by atoms with Gasteiger partial charge in [0.2, 0.25) is 0 Å². The third-order valence-electron chi connectivity index (χ3n) is 2.18. The highest BCUT2D eigenvalue weighted by molar-refractivity contribution is 5.95. The monoisotopic (exact) mass is 190 g/mol. The van der Waals surface area contributed by atoms with Crippen LogP contribution in [0, 0.1) is 0 Å². The second-order valence-electron chi connectivity index (χ2n) is 2.95. The van der Waals surface area contributed by atoms with Crippen LogP contribution < -0.4 is 16.0 Å². The minimum absolute atomic E-state index is 0.142. The third kappa shape index (κ3) is 1.12. The summed E-state index contributed by atoms with van der Waals surface area (Å²) in [5.41, 5.74) is 6.18. The Morgan fingerprint density at radius 2 is 2.07 bits per heavy atom. The van der Waals surface area contributed by atoms with Crippen molar-refractivity contribution in [3.8, 4) is 5.75 Å². The highest BCUT2D eigenvalue weighted by atomic mass is 16.5. The van der Waals surface area contributed by atoms with Crippen LogP contribution in [0.2, 0.25) is 0 Å². The van der Waals surface area contributed by atoms with E-state index in [4.69, 9.17) is 10.5 Å². The van der Waals surface area contributed by atoms with Gasteiger partial charge in [0, 0.05) is 17.0 Å². The van der Waals surface area contributed by atoms with E-state index in [1.807, 2.05) is 0 Å². The molecule has 1 aromatic heterocycles. The molecular weight excluding hydrogens is 180 g/mol. The van der Waals surface area contributed by atoms with Gasteiger partial charge in [-0.2, -0.15) is 0 Å². The van der Waals surface area contributed by atoms with Gasteiger partial charge in [0.25, 0.3) is 5.56 Å². The molecule has 0 unspecified atom stereocenters. The lowest BCUT2D eigenvalue weighted by Gasteiger charge is -2.06. The van der Waals surface area contributed by atoms with E-state index in [9.17, 15) is 4.79 Å². The number of nitrogen functional groups attached to an aromatic ring is 1. The maximum Gasteiger partial charge on any atom is 0.255 e. The molecule has 1 aromatic carbocycles. The van der Waals surface area contributed by atoms with Gasteiger partial charge in [-0.1, -0.05) is 0 Å². The molecule has 14 heavy (non-hydrogen) atoms. The lowest BCUT2D eigenvalue weighted by molar-refractivity contribution is 0.417. The molecule has 0 radical (unpaired) electrons. The number of rotatable bonds is 1.